The second-order valence-electron chi connectivity index (χ2n) is 6.35. The Morgan fingerprint density at radius 1 is 1.46 bits per heavy atom. The third kappa shape index (κ3) is 3.69. The van der Waals surface area contributed by atoms with Crippen molar-refractivity contribution < 1.29 is 4.79 Å². The summed E-state index contributed by atoms with van der Waals surface area (Å²) in [6, 6.07) is 1.85. The van der Waals surface area contributed by atoms with Gasteiger partial charge in [0, 0.05) is 24.4 Å². The van der Waals surface area contributed by atoms with E-state index in [9.17, 15) is 9.59 Å². The molecule has 0 saturated heterocycles. The number of urea groups is 1. The van der Waals surface area contributed by atoms with Crippen LogP contribution >= 0.6 is 11.3 Å². The molecule has 2 aromatic rings. The Labute approximate surface area is 144 Å². The van der Waals surface area contributed by atoms with E-state index in [-0.39, 0.29) is 17.8 Å². The normalized spacial score (nSPS) is 20.8. The highest BCUT2D eigenvalue weighted by Gasteiger charge is 2.28. The second kappa shape index (κ2) is 7.21. The molecule has 24 heavy (non-hydrogen) atoms. The van der Waals surface area contributed by atoms with Gasteiger partial charge >= 0.3 is 11.7 Å². The highest BCUT2D eigenvalue weighted by Crippen LogP contribution is 2.27. The van der Waals surface area contributed by atoms with Crippen molar-refractivity contribution in [1.82, 2.24) is 20.1 Å². The minimum atomic E-state index is -0.198. The number of rotatable bonds is 4. The van der Waals surface area contributed by atoms with Crippen LogP contribution in [0.2, 0.25) is 0 Å². The van der Waals surface area contributed by atoms with Crippen LogP contribution in [0.4, 0.5) is 10.5 Å². The predicted molar refractivity (Wildman–Crippen MR) is 94.5 cm³/mol. The van der Waals surface area contributed by atoms with Gasteiger partial charge < -0.3 is 10.6 Å². The van der Waals surface area contributed by atoms with E-state index in [2.05, 4.69) is 20.8 Å². The summed E-state index contributed by atoms with van der Waals surface area (Å²) < 4.78 is 1.54. The molecule has 0 bridgehead atoms. The second-order valence-corrected chi connectivity index (χ2v) is 7.47. The van der Waals surface area contributed by atoms with Gasteiger partial charge in [-0.2, -0.15) is 5.10 Å². The first kappa shape index (κ1) is 16.8. The van der Waals surface area contributed by atoms with Crippen LogP contribution in [0, 0.1) is 12.8 Å². The number of aromatic nitrogens is 3. The summed E-state index contributed by atoms with van der Waals surface area (Å²) >= 11 is 1.61. The lowest BCUT2D eigenvalue weighted by atomic mass is 9.82. The molecular weight excluding hydrogens is 326 g/mol. The van der Waals surface area contributed by atoms with Crippen molar-refractivity contribution in [3.05, 3.63) is 32.6 Å². The minimum absolute atomic E-state index is 0.101. The lowest BCUT2D eigenvalue weighted by molar-refractivity contribution is 0.226. The van der Waals surface area contributed by atoms with Crippen LogP contribution in [0.3, 0.4) is 0 Å². The van der Waals surface area contributed by atoms with Gasteiger partial charge in [-0.05, 0) is 37.1 Å². The lowest BCUT2D eigenvalue weighted by Crippen LogP contribution is -2.45. The van der Waals surface area contributed by atoms with E-state index in [1.807, 2.05) is 18.4 Å². The topological polar surface area (TPSA) is 91.8 Å². The third-order valence-corrected chi connectivity index (χ3v) is 5.60. The number of nitrogens with zero attached hydrogens (tertiary/aromatic N) is 2. The van der Waals surface area contributed by atoms with Crippen molar-refractivity contribution in [2.75, 3.05) is 5.32 Å². The van der Waals surface area contributed by atoms with Crippen molar-refractivity contribution in [3.8, 4) is 0 Å². The van der Waals surface area contributed by atoms with E-state index in [1.54, 1.807) is 23.0 Å². The minimum Gasteiger partial charge on any atom is -0.335 e. The van der Waals surface area contributed by atoms with Gasteiger partial charge in [-0.25, -0.2) is 14.7 Å². The van der Waals surface area contributed by atoms with E-state index in [0.29, 0.717) is 12.3 Å². The number of hydrogen-bond donors (Lipinski definition) is 3. The Balaban J connectivity index is 1.64. The number of aryl methyl sites for hydroxylation is 1. The standard InChI is InChI=1S/C16H23N5O2S/c1-10-12(7-8-24-10)17-15(22)18-13-6-4-3-5-11(13)9-14-19-20-16(23)21(14)2/h7-8,11,13H,3-6,9H2,1-2H3,(H,20,23)(H2,17,18,22)/t11-,13-/m1/s1. The average Bonchev–Trinajstić information content (AvgIpc) is 3.09. The maximum atomic E-state index is 12.3. The van der Waals surface area contributed by atoms with Gasteiger partial charge in [-0.1, -0.05) is 12.8 Å². The number of amides is 2. The molecule has 1 saturated carbocycles. The van der Waals surface area contributed by atoms with E-state index in [0.717, 1.165) is 42.1 Å². The van der Waals surface area contributed by atoms with Crippen LogP contribution in [0.15, 0.2) is 16.2 Å². The van der Waals surface area contributed by atoms with Crippen LogP contribution < -0.4 is 16.3 Å². The largest absolute Gasteiger partial charge is 0.343 e. The van der Waals surface area contributed by atoms with Gasteiger partial charge in [-0.3, -0.25) is 4.57 Å². The number of H-pyrrole nitrogens is 1. The molecule has 8 heteroatoms. The first-order valence-electron chi connectivity index (χ1n) is 8.26. The van der Waals surface area contributed by atoms with Crippen molar-refractivity contribution in [3.63, 3.8) is 0 Å². The summed E-state index contributed by atoms with van der Waals surface area (Å²) in [6.07, 6.45) is 4.94. The number of anilines is 1. The van der Waals surface area contributed by atoms with Crippen molar-refractivity contribution in [2.24, 2.45) is 13.0 Å². The molecule has 2 aromatic heterocycles. The molecular formula is C16H23N5O2S. The molecule has 0 radical (unpaired) electrons. The Bertz CT molecular complexity index is 763. The van der Waals surface area contributed by atoms with Gasteiger partial charge in [0.05, 0.1) is 5.69 Å². The monoisotopic (exact) mass is 349 g/mol. The van der Waals surface area contributed by atoms with Gasteiger partial charge in [0.25, 0.3) is 0 Å². The zero-order chi connectivity index (χ0) is 17.1. The zero-order valence-electron chi connectivity index (χ0n) is 14.0. The number of aromatic amines is 1. The van der Waals surface area contributed by atoms with Gasteiger partial charge in [-0.15, -0.1) is 11.3 Å². The fourth-order valence-electron chi connectivity index (χ4n) is 3.28. The number of nitrogens with one attached hydrogen (secondary N) is 3. The lowest BCUT2D eigenvalue weighted by Gasteiger charge is -2.32. The molecule has 0 aliphatic heterocycles. The molecule has 3 rings (SSSR count). The van der Waals surface area contributed by atoms with E-state index < -0.39 is 0 Å². The fourth-order valence-corrected chi connectivity index (χ4v) is 3.93. The molecule has 2 amide bonds. The molecule has 0 aromatic carbocycles. The maximum absolute atomic E-state index is 12.3. The summed E-state index contributed by atoms with van der Waals surface area (Å²) in [7, 11) is 1.72. The molecule has 1 aliphatic carbocycles. The van der Waals surface area contributed by atoms with Gasteiger partial charge in [0.15, 0.2) is 0 Å². The van der Waals surface area contributed by atoms with E-state index >= 15 is 0 Å². The van der Waals surface area contributed by atoms with E-state index in [4.69, 9.17) is 0 Å². The number of thiophene rings is 1. The molecule has 0 spiro atoms. The molecule has 3 N–H and O–H groups in total. The Kier molecular flexibility index (Phi) is 5.03. The first-order valence-corrected chi connectivity index (χ1v) is 9.14. The molecule has 2 atom stereocenters. The van der Waals surface area contributed by atoms with Crippen LogP contribution in [0.1, 0.15) is 36.4 Å². The highest BCUT2D eigenvalue weighted by molar-refractivity contribution is 7.10. The number of hydrogen-bond acceptors (Lipinski definition) is 4. The summed E-state index contributed by atoms with van der Waals surface area (Å²) in [5.41, 5.74) is 0.663. The van der Waals surface area contributed by atoms with Crippen LogP contribution in [0.25, 0.3) is 0 Å². The predicted octanol–water partition coefficient (Wildman–Crippen LogP) is 2.40. The zero-order valence-corrected chi connectivity index (χ0v) is 14.8. The number of carbonyl (C=O) groups excluding carboxylic acids is 1. The molecule has 2 heterocycles. The summed E-state index contributed by atoms with van der Waals surface area (Å²) in [4.78, 5) is 24.9. The van der Waals surface area contributed by atoms with Crippen molar-refractivity contribution in [1.29, 1.82) is 0 Å². The fraction of sp³-hybridized carbons (Fsp3) is 0.562. The maximum Gasteiger partial charge on any atom is 0.343 e. The van der Waals surface area contributed by atoms with Crippen LogP contribution in [0.5, 0.6) is 0 Å². The van der Waals surface area contributed by atoms with Crippen molar-refractivity contribution in [2.45, 2.75) is 45.1 Å². The summed E-state index contributed by atoms with van der Waals surface area (Å²) in [5.74, 6) is 1.04. The van der Waals surface area contributed by atoms with Crippen LogP contribution in [-0.2, 0) is 13.5 Å². The quantitative estimate of drug-likeness (QED) is 0.791. The van der Waals surface area contributed by atoms with Gasteiger partial charge in [0.2, 0.25) is 0 Å². The van der Waals surface area contributed by atoms with E-state index in [1.165, 1.54) is 0 Å². The van der Waals surface area contributed by atoms with Gasteiger partial charge in [0.1, 0.15) is 5.82 Å². The smallest absolute Gasteiger partial charge is 0.335 e. The summed E-state index contributed by atoms with van der Waals surface area (Å²) in [5, 5.41) is 14.6. The highest BCUT2D eigenvalue weighted by atomic mass is 32.1. The van der Waals surface area contributed by atoms with Crippen LogP contribution in [-0.4, -0.2) is 26.8 Å². The SMILES string of the molecule is Cc1sccc1NC(=O)N[C@@H]1CCCC[C@@H]1Cc1n[nH]c(=O)n1C. The molecule has 7 nitrogen and oxygen atoms in total. The first-order chi connectivity index (χ1) is 11.5. The molecule has 0 unspecified atom stereocenters. The Hall–Kier alpha value is -2.09. The number of carbonyl (C=O) groups is 1. The summed E-state index contributed by atoms with van der Waals surface area (Å²) in [6.45, 7) is 1.99. The molecule has 1 aliphatic rings. The van der Waals surface area contributed by atoms with Crippen molar-refractivity contribution >= 4 is 23.1 Å². The molecule has 130 valence electrons. The Morgan fingerprint density at radius 3 is 2.92 bits per heavy atom. The third-order valence-electron chi connectivity index (χ3n) is 4.75. The average molecular weight is 349 g/mol. The molecule has 1 fully saturated rings. The Morgan fingerprint density at radius 2 is 2.25 bits per heavy atom.